The van der Waals surface area contributed by atoms with E-state index in [4.69, 9.17) is 0 Å². The van der Waals surface area contributed by atoms with Crippen molar-refractivity contribution < 1.29 is 8.42 Å². The van der Waals surface area contributed by atoms with E-state index in [1.165, 1.54) is 4.31 Å². The van der Waals surface area contributed by atoms with E-state index in [0.29, 0.717) is 5.70 Å². The van der Waals surface area contributed by atoms with Gasteiger partial charge in [-0.1, -0.05) is 79.9 Å². The zero-order valence-corrected chi connectivity index (χ0v) is 18.3. The van der Waals surface area contributed by atoms with Crippen molar-refractivity contribution in [3.63, 3.8) is 0 Å². The van der Waals surface area contributed by atoms with Gasteiger partial charge in [-0.3, -0.25) is 4.31 Å². The Morgan fingerprint density at radius 1 is 1.07 bits per heavy atom. The molecule has 0 heterocycles. The second kappa shape index (κ2) is 8.57. The molecule has 0 fully saturated rings. The molecule has 5 heteroatoms. The van der Waals surface area contributed by atoms with Crippen LogP contribution in [0.15, 0.2) is 89.3 Å². The van der Waals surface area contributed by atoms with Crippen molar-refractivity contribution >= 4 is 18.1 Å². The molecule has 0 aliphatic carbocycles. The van der Waals surface area contributed by atoms with Gasteiger partial charge in [-0.05, 0) is 24.6 Å². The van der Waals surface area contributed by atoms with E-state index in [2.05, 4.69) is 37.7 Å². The molecule has 0 aliphatic heterocycles. The fourth-order valence-corrected chi connectivity index (χ4v) is 5.29. The lowest BCUT2D eigenvalue weighted by Crippen LogP contribution is -2.31. The van der Waals surface area contributed by atoms with Crippen molar-refractivity contribution in [2.75, 3.05) is 0 Å². The first-order valence-electron chi connectivity index (χ1n) is 8.85. The molecule has 0 N–H and O–H groups in total. The Bertz CT molecular complexity index is 950. The van der Waals surface area contributed by atoms with Crippen molar-refractivity contribution in [3.8, 4) is 0 Å². The van der Waals surface area contributed by atoms with Gasteiger partial charge in [0.25, 0.3) is 10.0 Å². The summed E-state index contributed by atoms with van der Waals surface area (Å²) in [6.45, 7) is 12.4. The lowest BCUT2D eigenvalue weighted by Gasteiger charge is -2.27. The number of sulfonamides is 1. The van der Waals surface area contributed by atoms with Crippen LogP contribution in [0, 0.1) is 6.92 Å². The quantitative estimate of drug-likeness (QED) is 0.362. The molecular weight excluding hydrogens is 370 g/mol. The van der Waals surface area contributed by atoms with Gasteiger partial charge < -0.3 is 0 Å². The highest BCUT2D eigenvalue weighted by Crippen LogP contribution is 2.25. The van der Waals surface area contributed by atoms with Crippen LogP contribution in [0.25, 0.3) is 0 Å². The van der Waals surface area contributed by atoms with Gasteiger partial charge in [-0.25, -0.2) is 8.42 Å². The minimum Gasteiger partial charge on any atom is -0.262 e. The minimum atomic E-state index is -3.72. The zero-order valence-electron chi connectivity index (χ0n) is 16.4. The Labute approximate surface area is 164 Å². The third-order valence-electron chi connectivity index (χ3n) is 3.90. The molecule has 3 nitrogen and oxygen atoms in total. The molecule has 0 bridgehead atoms. The molecule has 27 heavy (non-hydrogen) atoms. The van der Waals surface area contributed by atoms with Gasteiger partial charge in [-0.15, -0.1) is 5.73 Å². The number of hydrogen-bond acceptors (Lipinski definition) is 2. The van der Waals surface area contributed by atoms with Crippen LogP contribution in [-0.4, -0.2) is 20.8 Å². The predicted octanol–water partition coefficient (Wildman–Crippen LogP) is 5.29. The minimum absolute atomic E-state index is 0.255. The summed E-state index contributed by atoms with van der Waals surface area (Å²) in [6.07, 6.45) is 1.66. The summed E-state index contributed by atoms with van der Waals surface area (Å²) in [7, 11) is -5.41. The summed E-state index contributed by atoms with van der Waals surface area (Å²) < 4.78 is 28.4. The van der Waals surface area contributed by atoms with Gasteiger partial charge in [0.2, 0.25) is 0 Å². The highest BCUT2D eigenvalue weighted by atomic mass is 32.2. The molecule has 0 aliphatic rings. The van der Waals surface area contributed by atoms with Crippen LogP contribution in [0.5, 0.6) is 0 Å². The fourth-order valence-electron chi connectivity index (χ4n) is 2.64. The molecular formula is C22H27NO2SSi. The smallest absolute Gasteiger partial charge is 0.262 e. The molecule has 0 atom stereocenters. The number of rotatable bonds is 7. The Morgan fingerprint density at radius 2 is 1.67 bits per heavy atom. The summed E-state index contributed by atoms with van der Waals surface area (Å²) in [5, 5.41) is 0. The van der Waals surface area contributed by atoms with Gasteiger partial charge in [0.05, 0.1) is 25.2 Å². The van der Waals surface area contributed by atoms with Crippen LogP contribution < -0.4 is 0 Å². The van der Waals surface area contributed by atoms with Gasteiger partial charge in [0.15, 0.2) is 0 Å². The molecule has 2 rings (SSSR count). The van der Waals surface area contributed by atoms with Crippen LogP contribution in [-0.2, 0) is 16.6 Å². The largest absolute Gasteiger partial charge is 0.264 e. The Balaban J connectivity index is 2.62. The van der Waals surface area contributed by atoms with E-state index >= 15 is 0 Å². The maximum Gasteiger partial charge on any atom is 0.264 e. The van der Waals surface area contributed by atoms with Crippen molar-refractivity contribution in [1.29, 1.82) is 0 Å². The molecule has 0 saturated heterocycles. The second-order valence-electron chi connectivity index (χ2n) is 7.59. The molecule has 0 unspecified atom stereocenters. The van der Waals surface area contributed by atoms with E-state index in [0.717, 1.165) is 11.1 Å². The van der Waals surface area contributed by atoms with E-state index in [1.54, 1.807) is 18.2 Å². The number of hydrogen-bond donors (Lipinski definition) is 0. The molecule has 2 aromatic carbocycles. The number of allylic oxidation sites excluding steroid dienone is 1. The van der Waals surface area contributed by atoms with E-state index in [1.807, 2.05) is 49.4 Å². The average Bonchev–Trinajstić information content (AvgIpc) is 2.59. The van der Waals surface area contributed by atoms with E-state index < -0.39 is 18.1 Å². The monoisotopic (exact) mass is 397 g/mol. The van der Waals surface area contributed by atoms with Crippen molar-refractivity contribution in [2.24, 2.45) is 0 Å². The maximum atomic E-state index is 13.5. The average molecular weight is 398 g/mol. The van der Waals surface area contributed by atoms with Crippen LogP contribution in [0.2, 0.25) is 19.6 Å². The predicted molar refractivity (Wildman–Crippen MR) is 115 cm³/mol. The number of nitrogens with zero attached hydrogens (tertiary/aromatic N) is 1. The van der Waals surface area contributed by atoms with Crippen LogP contribution in [0.1, 0.15) is 11.1 Å². The third-order valence-corrected chi connectivity index (χ3v) is 6.85. The van der Waals surface area contributed by atoms with E-state index in [9.17, 15) is 8.42 Å². The lowest BCUT2D eigenvalue weighted by atomic mass is 10.2. The molecule has 2 aromatic rings. The summed E-state index contributed by atoms with van der Waals surface area (Å²) in [5.74, 6) is 0. The lowest BCUT2D eigenvalue weighted by molar-refractivity contribution is 0.480. The zero-order chi connectivity index (χ0) is 20.1. The topological polar surface area (TPSA) is 37.4 Å². The number of benzene rings is 2. The summed E-state index contributed by atoms with van der Waals surface area (Å²) >= 11 is 0. The maximum absolute atomic E-state index is 13.5. The molecule has 142 valence electrons. The fraction of sp³-hybridized carbons (Fsp3) is 0.227. The second-order valence-corrected chi connectivity index (χ2v) is 14.5. The summed E-state index contributed by atoms with van der Waals surface area (Å²) in [4.78, 5) is 0.281. The van der Waals surface area contributed by atoms with Gasteiger partial charge in [-0.2, -0.15) is 0 Å². The highest BCUT2D eigenvalue weighted by molar-refractivity contribution is 7.89. The third kappa shape index (κ3) is 5.83. The van der Waals surface area contributed by atoms with Crippen LogP contribution >= 0.6 is 0 Å². The molecule has 0 radical (unpaired) electrons. The summed E-state index contributed by atoms with van der Waals surface area (Å²) in [6, 6.07) is 16.6. The van der Waals surface area contributed by atoms with Crippen LogP contribution in [0.3, 0.4) is 0 Å². The van der Waals surface area contributed by atoms with E-state index in [-0.39, 0.29) is 11.4 Å². The molecule has 0 amide bonds. The van der Waals surface area contributed by atoms with Crippen molar-refractivity contribution in [3.05, 3.63) is 95.5 Å². The molecule has 0 aromatic heterocycles. The van der Waals surface area contributed by atoms with Gasteiger partial charge in [0.1, 0.15) is 0 Å². The van der Waals surface area contributed by atoms with Gasteiger partial charge in [0, 0.05) is 6.08 Å². The standard InChI is InChI=1S/C22H27NO2SSi/c1-6-10-21(18-27(3,4)5)23(17-20-11-8-7-9-12-20)26(24,25)22-15-13-19(2)14-16-22/h7-16,18H,1,17H2,2-5H3/b21-18+. The summed E-state index contributed by atoms with van der Waals surface area (Å²) in [5.41, 5.74) is 7.39. The van der Waals surface area contributed by atoms with Gasteiger partial charge >= 0.3 is 0 Å². The SMILES string of the molecule is C=C=C/C(=C\[Si](C)(C)C)N(Cc1ccccc1)S(=O)(=O)c1ccc(C)cc1. The molecule has 0 spiro atoms. The first-order chi connectivity index (χ1) is 12.6. The van der Waals surface area contributed by atoms with Crippen LogP contribution in [0.4, 0.5) is 0 Å². The Hall–Kier alpha value is -2.33. The first kappa shape index (κ1) is 21.0. The Morgan fingerprint density at radius 3 is 2.19 bits per heavy atom. The molecule has 0 saturated carbocycles. The number of aryl methyl sites for hydroxylation is 1. The Kier molecular flexibility index (Phi) is 6.66. The van der Waals surface area contributed by atoms with Crippen molar-refractivity contribution in [1.82, 2.24) is 4.31 Å². The highest BCUT2D eigenvalue weighted by Gasteiger charge is 2.27. The normalized spacial score (nSPS) is 12.4. The first-order valence-corrected chi connectivity index (χ1v) is 13.9. The van der Waals surface area contributed by atoms with Crippen molar-refractivity contribution in [2.45, 2.75) is 38.0 Å².